The molecule has 2 aliphatic rings. The summed E-state index contributed by atoms with van der Waals surface area (Å²) in [6.07, 6.45) is 3.17. The number of methoxy groups -OCH3 is 1. The number of nitrogens with zero attached hydrogens (tertiary/aromatic N) is 1. The van der Waals surface area contributed by atoms with Crippen LogP contribution in [-0.2, 0) is 14.3 Å². The molecule has 0 bridgehead atoms. The van der Waals surface area contributed by atoms with E-state index >= 15 is 0 Å². The Kier molecular flexibility index (Phi) is 7.68. The number of nitrogens with one attached hydrogen (secondary N) is 1. The van der Waals surface area contributed by atoms with Gasteiger partial charge in [0.2, 0.25) is 5.91 Å². The number of halogens is 1. The zero-order valence-electron chi connectivity index (χ0n) is 11.6. The molecule has 6 heteroatoms. The fourth-order valence-corrected chi connectivity index (χ4v) is 2.68. The summed E-state index contributed by atoms with van der Waals surface area (Å²) in [6, 6.07) is 0.0677. The van der Waals surface area contributed by atoms with Gasteiger partial charge < -0.3 is 19.7 Å². The molecule has 0 aliphatic carbocycles. The van der Waals surface area contributed by atoms with Gasteiger partial charge in [-0.25, -0.2) is 0 Å². The Morgan fingerprint density at radius 3 is 2.89 bits per heavy atom. The lowest BCUT2D eigenvalue weighted by Gasteiger charge is -2.20. The van der Waals surface area contributed by atoms with Gasteiger partial charge in [0.05, 0.1) is 25.9 Å². The van der Waals surface area contributed by atoms with Gasteiger partial charge in [-0.05, 0) is 25.8 Å². The smallest absolute Gasteiger partial charge is 0.239 e. The maximum absolute atomic E-state index is 12.2. The summed E-state index contributed by atoms with van der Waals surface area (Å²) in [5.41, 5.74) is 0. The van der Waals surface area contributed by atoms with Crippen molar-refractivity contribution in [2.75, 3.05) is 46.6 Å². The third-order valence-corrected chi connectivity index (χ3v) is 3.74. The van der Waals surface area contributed by atoms with E-state index in [1.54, 1.807) is 7.11 Å². The van der Waals surface area contributed by atoms with Gasteiger partial charge in [0, 0.05) is 26.1 Å². The lowest BCUT2D eigenvalue weighted by atomic mass is 10.1. The van der Waals surface area contributed by atoms with Crippen LogP contribution in [0.1, 0.15) is 19.3 Å². The second-order valence-corrected chi connectivity index (χ2v) is 5.16. The Balaban J connectivity index is 0.00000180. The molecular formula is C13H25ClN2O3. The van der Waals surface area contributed by atoms with Crippen molar-refractivity contribution in [2.24, 2.45) is 5.92 Å². The summed E-state index contributed by atoms with van der Waals surface area (Å²) >= 11 is 0. The molecule has 5 nitrogen and oxygen atoms in total. The summed E-state index contributed by atoms with van der Waals surface area (Å²) in [4.78, 5) is 14.2. The Hall–Kier alpha value is -0.360. The molecule has 2 aliphatic heterocycles. The van der Waals surface area contributed by atoms with E-state index in [0.717, 1.165) is 45.5 Å². The van der Waals surface area contributed by atoms with Gasteiger partial charge in [-0.1, -0.05) is 0 Å². The van der Waals surface area contributed by atoms with Crippen molar-refractivity contribution >= 4 is 18.3 Å². The van der Waals surface area contributed by atoms with Crippen LogP contribution in [0, 0.1) is 5.92 Å². The minimum absolute atomic E-state index is 0. The lowest BCUT2D eigenvalue weighted by Crippen LogP contribution is -2.42. The number of rotatable bonds is 6. The molecule has 0 aromatic heterocycles. The van der Waals surface area contributed by atoms with Crippen molar-refractivity contribution in [3.8, 4) is 0 Å². The molecule has 2 atom stereocenters. The van der Waals surface area contributed by atoms with E-state index in [9.17, 15) is 4.79 Å². The molecular weight excluding hydrogens is 268 g/mol. The van der Waals surface area contributed by atoms with E-state index in [2.05, 4.69) is 5.32 Å². The molecule has 0 radical (unpaired) electrons. The molecule has 2 unspecified atom stereocenters. The van der Waals surface area contributed by atoms with E-state index in [0.29, 0.717) is 19.1 Å². The zero-order chi connectivity index (χ0) is 12.8. The zero-order valence-corrected chi connectivity index (χ0v) is 12.4. The van der Waals surface area contributed by atoms with Crippen LogP contribution in [0.2, 0.25) is 0 Å². The van der Waals surface area contributed by atoms with Crippen LogP contribution in [-0.4, -0.2) is 63.4 Å². The second-order valence-electron chi connectivity index (χ2n) is 5.16. The van der Waals surface area contributed by atoms with Gasteiger partial charge in [-0.3, -0.25) is 4.79 Å². The first-order valence-corrected chi connectivity index (χ1v) is 6.90. The number of likely N-dealkylation sites (tertiary alicyclic amines) is 1. The van der Waals surface area contributed by atoms with E-state index in [4.69, 9.17) is 9.47 Å². The summed E-state index contributed by atoms with van der Waals surface area (Å²) in [5, 5.41) is 3.27. The number of carbonyl (C=O) groups is 1. The van der Waals surface area contributed by atoms with Crippen molar-refractivity contribution in [3.63, 3.8) is 0 Å². The minimum atomic E-state index is 0. The van der Waals surface area contributed by atoms with Crippen molar-refractivity contribution in [2.45, 2.75) is 25.3 Å². The number of hydrogen-bond acceptors (Lipinski definition) is 4. The summed E-state index contributed by atoms with van der Waals surface area (Å²) in [5.74, 6) is 0.777. The van der Waals surface area contributed by atoms with Crippen LogP contribution in [0.5, 0.6) is 0 Å². The Bertz CT molecular complexity index is 273. The minimum Gasteiger partial charge on any atom is -0.382 e. The molecule has 2 fully saturated rings. The molecule has 0 saturated carbocycles. The highest BCUT2D eigenvalue weighted by Crippen LogP contribution is 2.19. The van der Waals surface area contributed by atoms with Crippen LogP contribution < -0.4 is 5.32 Å². The highest BCUT2D eigenvalue weighted by Gasteiger charge is 2.31. The van der Waals surface area contributed by atoms with Crippen LogP contribution in [0.15, 0.2) is 0 Å². The first-order valence-electron chi connectivity index (χ1n) is 6.90. The van der Waals surface area contributed by atoms with Gasteiger partial charge in [0.25, 0.3) is 0 Å². The van der Waals surface area contributed by atoms with Crippen molar-refractivity contribution in [3.05, 3.63) is 0 Å². The molecule has 0 aromatic carbocycles. The highest BCUT2D eigenvalue weighted by molar-refractivity contribution is 5.85. The normalized spacial score (nSPS) is 26.5. The Labute approximate surface area is 121 Å². The maximum Gasteiger partial charge on any atom is 0.239 e. The standard InChI is InChI=1S/C13H24N2O3.ClH/c1-17-7-8-18-10-11-4-6-15(9-11)13(16)12-3-2-5-14-12;/h11-12,14H,2-10H2,1H3;1H. The molecule has 0 aromatic rings. The van der Waals surface area contributed by atoms with E-state index in [-0.39, 0.29) is 24.4 Å². The number of hydrogen-bond donors (Lipinski definition) is 1. The first-order chi connectivity index (χ1) is 8.81. The van der Waals surface area contributed by atoms with Gasteiger partial charge in [-0.2, -0.15) is 0 Å². The quantitative estimate of drug-likeness (QED) is 0.731. The number of amides is 1. The van der Waals surface area contributed by atoms with Crippen LogP contribution >= 0.6 is 12.4 Å². The summed E-state index contributed by atoms with van der Waals surface area (Å²) < 4.78 is 10.5. The Morgan fingerprint density at radius 2 is 2.21 bits per heavy atom. The van der Waals surface area contributed by atoms with Gasteiger partial charge >= 0.3 is 0 Å². The number of carbonyl (C=O) groups excluding carboxylic acids is 1. The molecule has 1 N–H and O–H groups in total. The highest BCUT2D eigenvalue weighted by atomic mass is 35.5. The number of ether oxygens (including phenoxy) is 2. The molecule has 112 valence electrons. The maximum atomic E-state index is 12.2. The van der Waals surface area contributed by atoms with Crippen LogP contribution in [0.3, 0.4) is 0 Å². The fraction of sp³-hybridized carbons (Fsp3) is 0.923. The van der Waals surface area contributed by atoms with E-state index in [1.807, 2.05) is 4.90 Å². The summed E-state index contributed by atoms with van der Waals surface area (Å²) in [6.45, 7) is 4.74. The van der Waals surface area contributed by atoms with E-state index in [1.165, 1.54) is 0 Å². The average molecular weight is 293 g/mol. The van der Waals surface area contributed by atoms with Crippen molar-refractivity contribution in [1.82, 2.24) is 10.2 Å². The Morgan fingerprint density at radius 1 is 1.37 bits per heavy atom. The van der Waals surface area contributed by atoms with Gasteiger partial charge in [0.15, 0.2) is 0 Å². The fourth-order valence-electron chi connectivity index (χ4n) is 2.68. The second kappa shape index (κ2) is 8.74. The SMILES string of the molecule is COCCOCC1CCN(C(=O)C2CCCN2)C1.Cl. The predicted molar refractivity (Wildman–Crippen MR) is 75.7 cm³/mol. The molecule has 2 rings (SSSR count). The largest absolute Gasteiger partial charge is 0.382 e. The van der Waals surface area contributed by atoms with Gasteiger partial charge in [-0.15, -0.1) is 12.4 Å². The topological polar surface area (TPSA) is 50.8 Å². The van der Waals surface area contributed by atoms with Crippen LogP contribution in [0.25, 0.3) is 0 Å². The monoisotopic (exact) mass is 292 g/mol. The molecule has 2 heterocycles. The predicted octanol–water partition coefficient (Wildman–Crippen LogP) is 0.672. The van der Waals surface area contributed by atoms with Crippen LogP contribution in [0.4, 0.5) is 0 Å². The third kappa shape index (κ3) is 4.91. The van der Waals surface area contributed by atoms with Crippen molar-refractivity contribution < 1.29 is 14.3 Å². The molecule has 1 amide bonds. The third-order valence-electron chi connectivity index (χ3n) is 3.74. The van der Waals surface area contributed by atoms with Gasteiger partial charge in [0.1, 0.15) is 0 Å². The first kappa shape index (κ1) is 16.7. The van der Waals surface area contributed by atoms with Crippen molar-refractivity contribution in [1.29, 1.82) is 0 Å². The lowest BCUT2D eigenvalue weighted by molar-refractivity contribution is -0.132. The molecule has 19 heavy (non-hydrogen) atoms. The van der Waals surface area contributed by atoms with E-state index < -0.39 is 0 Å². The summed E-state index contributed by atoms with van der Waals surface area (Å²) in [7, 11) is 1.67. The molecule has 2 saturated heterocycles. The molecule has 0 spiro atoms. The average Bonchev–Trinajstić information content (AvgIpc) is 3.05.